The summed E-state index contributed by atoms with van der Waals surface area (Å²) < 4.78 is 2.41. The van der Waals surface area contributed by atoms with Crippen LogP contribution >= 0.6 is 15.9 Å². The molecular weight excluding hydrogens is 468 g/mol. The van der Waals surface area contributed by atoms with Crippen LogP contribution < -0.4 is 11.1 Å². The van der Waals surface area contributed by atoms with Crippen molar-refractivity contribution >= 4 is 33.8 Å². The number of nitrogens with zero attached hydrogens (tertiary/aromatic N) is 4. The van der Waals surface area contributed by atoms with Gasteiger partial charge in [-0.05, 0) is 34.8 Å². The van der Waals surface area contributed by atoms with E-state index < -0.39 is 0 Å². The first-order valence-corrected chi connectivity index (χ1v) is 11.4. The molecule has 0 fully saturated rings. The first kappa shape index (κ1) is 22.0. The lowest BCUT2D eigenvalue weighted by atomic mass is 9.95. The molecule has 4 aromatic rings. The SMILES string of the molecule is CCCC(CCNC=O)c1nc2c(-c3ccc(-c4ccccc4)nc3)cnn2c(N)c1Br. The monoisotopic (exact) mass is 492 g/mol. The summed E-state index contributed by atoms with van der Waals surface area (Å²) in [5.74, 6) is 0.671. The minimum atomic E-state index is 0.162. The summed E-state index contributed by atoms with van der Waals surface area (Å²) in [6.07, 6.45) is 7.07. The van der Waals surface area contributed by atoms with Crippen molar-refractivity contribution in [2.24, 2.45) is 0 Å². The highest BCUT2D eigenvalue weighted by molar-refractivity contribution is 9.10. The van der Waals surface area contributed by atoms with E-state index in [-0.39, 0.29) is 5.92 Å². The Bertz CT molecular complexity index is 1210. The van der Waals surface area contributed by atoms with Gasteiger partial charge in [0.1, 0.15) is 5.82 Å². The third kappa shape index (κ3) is 4.36. The molecule has 0 radical (unpaired) electrons. The lowest BCUT2D eigenvalue weighted by Crippen LogP contribution is -2.17. The molecule has 1 unspecified atom stereocenters. The number of halogens is 1. The molecule has 1 aromatic carbocycles. The number of benzene rings is 1. The minimum absolute atomic E-state index is 0.162. The van der Waals surface area contributed by atoms with Crippen molar-refractivity contribution in [2.75, 3.05) is 12.3 Å². The highest BCUT2D eigenvalue weighted by Gasteiger charge is 2.22. The van der Waals surface area contributed by atoms with Gasteiger partial charge in [-0.2, -0.15) is 9.61 Å². The lowest BCUT2D eigenvalue weighted by molar-refractivity contribution is -0.109. The van der Waals surface area contributed by atoms with Crippen molar-refractivity contribution in [1.82, 2.24) is 24.9 Å². The molecule has 32 heavy (non-hydrogen) atoms. The van der Waals surface area contributed by atoms with Crippen LogP contribution in [-0.2, 0) is 4.79 Å². The maximum Gasteiger partial charge on any atom is 0.207 e. The van der Waals surface area contributed by atoms with Crippen molar-refractivity contribution in [3.63, 3.8) is 0 Å². The summed E-state index contributed by atoms with van der Waals surface area (Å²) in [6.45, 7) is 2.73. The van der Waals surface area contributed by atoms with E-state index in [0.717, 1.165) is 58.2 Å². The Morgan fingerprint density at radius 1 is 1.12 bits per heavy atom. The smallest absolute Gasteiger partial charge is 0.207 e. The van der Waals surface area contributed by atoms with Gasteiger partial charge in [-0.1, -0.05) is 49.7 Å². The molecule has 1 amide bonds. The predicted molar refractivity (Wildman–Crippen MR) is 130 cm³/mol. The Labute approximate surface area is 195 Å². The Balaban J connectivity index is 1.74. The number of amides is 1. The standard InChI is InChI=1S/C24H25BrN6O/c1-2-6-17(11-12-27-15-32)22-21(25)23(26)31-24(30-22)19(14-29-31)18-9-10-20(28-13-18)16-7-4-3-5-8-16/h3-5,7-10,13-15,17H,2,6,11-12,26H2,1H3,(H,27,32). The number of aromatic nitrogens is 4. The van der Waals surface area contributed by atoms with E-state index in [0.29, 0.717) is 18.0 Å². The minimum Gasteiger partial charge on any atom is -0.383 e. The van der Waals surface area contributed by atoms with Gasteiger partial charge in [0.25, 0.3) is 0 Å². The second-order valence-electron chi connectivity index (χ2n) is 7.63. The molecule has 7 nitrogen and oxygen atoms in total. The second-order valence-corrected chi connectivity index (χ2v) is 8.43. The molecule has 0 saturated carbocycles. The van der Waals surface area contributed by atoms with Crippen LogP contribution in [0.15, 0.2) is 59.3 Å². The average Bonchev–Trinajstić information content (AvgIpc) is 3.26. The van der Waals surface area contributed by atoms with E-state index in [1.165, 1.54) is 0 Å². The molecule has 1 atom stereocenters. The summed E-state index contributed by atoms with van der Waals surface area (Å²) >= 11 is 3.63. The molecule has 0 saturated heterocycles. The van der Waals surface area contributed by atoms with Crippen molar-refractivity contribution in [1.29, 1.82) is 0 Å². The van der Waals surface area contributed by atoms with Crippen LogP contribution in [0.4, 0.5) is 5.82 Å². The zero-order valence-corrected chi connectivity index (χ0v) is 19.4. The fourth-order valence-electron chi connectivity index (χ4n) is 3.90. The maximum absolute atomic E-state index is 10.7. The number of nitrogens with one attached hydrogen (secondary N) is 1. The van der Waals surface area contributed by atoms with E-state index in [4.69, 9.17) is 10.7 Å². The highest BCUT2D eigenvalue weighted by atomic mass is 79.9. The number of fused-ring (bicyclic) bond motifs is 1. The lowest BCUT2D eigenvalue weighted by Gasteiger charge is -2.18. The maximum atomic E-state index is 10.7. The number of rotatable bonds is 9. The number of carbonyl (C=O) groups is 1. The molecule has 0 aliphatic heterocycles. The van der Waals surface area contributed by atoms with Crippen LogP contribution in [0.3, 0.4) is 0 Å². The van der Waals surface area contributed by atoms with Crippen molar-refractivity contribution < 1.29 is 4.79 Å². The van der Waals surface area contributed by atoms with Crippen LogP contribution in [0, 0.1) is 0 Å². The Morgan fingerprint density at radius 2 is 1.94 bits per heavy atom. The molecule has 8 heteroatoms. The average molecular weight is 493 g/mol. The van der Waals surface area contributed by atoms with Crippen LogP contribution in [0.1, 0.15) is 37.8 Å². The Hall–Kier alpha value is -3.26. The molecule has 0 aliphatic rings. The van der Waals surface area contributed by atoms with Gasteiger partial charge in [-0.15, -0.1) is 0 Å². The second kappa shape index (κ2) is 9.91. The number of hydrogen-bond donors (Lipinski definition) is 2. The molecule has 3 N–H and O–H groups in total. The summed E-state index contributed by atoms with van der Waals surface area (Å²) in [4.78, 5) is 20.3. The van der Waals surface area contributed by atoms with Gasteiger partial charge >= 0.3 is 0 Å². The van der Waals surface area contributed by atoms with E-state index in [1.54, 1.807) is 10.7 Å². The topological polar surface area (TPSA) is 98.2 Å². The van der Waals surface area contributed by atoms with Gasteiger partial charge in [0, 0.05) is 35.3 Å². The van der Waals surface area contributed by atoms with Gasteiger partial charge in [0.2, 0.25) is 6.41 Å². The normalized spacial score (nSPS) is 12.1. The van der Waals surface area contributed by atoms with Crippen molar-refractivity contribution in [2.45, 2.75) is 32.1 Å². The van der Waals surface area contributed by atoms with Crippen molar-refractivity contribution in [3.05, 3.63) is 65.0 Å². The fraction of sp³-hybridized carbons (Fsp3) is 0.250. The number of anilines is 1. The van der Waals surface area contributed by atoms with E-state index in [2.05, 4.69) is 38.3 Å². The number of hydrogen-bond acceptors (Lipinski definition) is 5. The summed E-state index contributed by atoms with van der Waals surface area (Å²) in [5, 5.41) is 7.22. The number of nitrogen functional groups attached to an aromatic ring is 1. The summed E-state index contributed by atoms with van der Waals surface area (Å²) in [6, 6.07) is 14.1. The number of nitrogens with two attached hydrogens (primary N) is 1. The van der Waals surface area contributed by atoms with Crippen LogP contribution in [0.2, 0.25) is 0 Å². The van der Waals surface area contributed by atoms with Gasteiger partial charge < -0.3 is 11.1 Å². The molecule has 0 aliphatic carbocycles. The molecule has 0 spiro atoms. The first-order chi connectivity index (χ1) is 15.6. The number of carbonyl (C=O) groups excluding carboxylic acids is 1. The molecular formula is C24H25BrN6O. The van der Waals surface area contributed by atoms with Gasteiger partial charge in [0.15, 0.2) is 5.65 Å². The van der Waals surface area contributed by atoms with Crippen LogP contribution in [0.25, 0.3) is 28.0 Å². The number of pyridine rings is 1. The van der Waals surface area contributed by atoms with E-state index in [9.17, 15) is 4.79 Å². The van der Waals surface area contributed by atoms with Gasteiger partial charge in [0.05, 0.1) is 22.1 Å². The van der Waals surface area contributed by atoms with Gasteiger partial charge in [-0.25, -0.2) is 4.98 Å². The molecule has 4 rings (SSSR count). The zero-order chi connectivity index (χ0) is 22.5. The largest absolute Gasteiger partial charge is 0.383 e. The van der Waals surface area contributed by atoms with Gasteiger partial charge in [-0.3, -0.25) is 9.78 Å². The zero-order valence-electron chi connectivity index (χ0n) is 17.8. The van der Waals surface area contributed by atoms with Crippen LogP contribution in [0.5, 0.6) is 0 Å². The molecule has 3 aromatic heterocycles. The molecule has 164 valence electrons. The molecule has 3 heterocycles. The highest BCUT2D eigenvalue weighted by Crippen LogP contribution is 2.36. The quantitative estimate of drug-likeness (QED) is 0.257. The molecule has 0 bridgehead atoms. The van der Waals surface area contributed by atoms with Crippen LogP contribution in [-0.4, -0.2) is 32.5 Å². The fourth-order valence-corrected chi connectivity index (χ4v) is 4.48. The van der Waals surface area contributed by atoms with Crippen molar-refractivity contribution in [3.8, 4) is 22.4 Å². The summed E-state index contributed by atoms with van der Waals surface area (Å²) in [5.41, 5.74) is 11.8. The predicted octanol–water partition coefficient (Wildman–Crippen LogP) is 4.82. The van der Waals surface area contributed by atoms with E-state index >= 15 is 0 Å². The Morgan fingerprint density at radius 3 is 2.62 bits per heavy atom. The Kier molecular flexibility index (Phi) is 6.80. The summed E-state index contributed by atoms with van der Waals surface area (Å²) in [7, 11) is 0. The first-order valence-electron chi connectivity index (χ1n) is 10.7. The van der Waals surface area contributed by atoms with E-state index in [1.807, 2.05) is 48.7 Å². The third-order valence-corrected chi connectivity index (χ3v) is 6.35. The third-order valence-electron chi connectivity index (χ3n) is 5.54.